The highest BCUT2D eigenvalue weighted by Crippen LogP contribution is 2.06. The van der Waals surface area contributed by atoms with Gasteiger partial charge in [0, 0.05) is 11.8 Å². The van der Waals surface area contributed by atoms with E-state index in [1.165, 1.54) is 12.4 Å². The van der Waals surface area contributed by atoms with Crippen LogP contribution in [0, 0.1) is 5.82 Å². The first-order chi connectivity index (χ1) is 6.77. The predicted molar refractivity (Wildman–Crippen MR) is 44.0 cm³/mol. The van der Waals surface area contributed by atoms with Crippen molar-refractivity contribution < 1.29 is 9.18 Å². The summed E-state index contributed by atoms with van der Waals surface area (Å²) < 4.78 is 12.7. The van der Waals surface area contributed by atoms with Crippen LogP contribution in [0.15, 0.2) is 24.7 Å². The molecule has 0 fully saturated rings. The van der Waals surface area contributed by atoms with Crippen LogP contribution < -0.4 is 0 Å². The maximum atomic E-state index is 12.7. The number of hydrogen-bond donors (Lipinski definition) is 1. The summed E-state index contributed by atoms with van der Waals surface area (Å²) in [6.45, 7) is 0. The zero-order chi connectivity index (χ0) is 9.97. The van der Waals surface area contributed by atoms with Crippen LogP contribution in [-0.2, 0) is 0 Å². The summed E-state index contributed by atoms with van der Waals surface area (Å²) in [5.41, 5.74) is 0.288. The van der Waals surface area contributed by atoms with Gasteiger partial charge in [-0.2, -0.15) is 15.4 Å². The first-order valence-electron chi connectivity index (χ1n) is 3.78. The average Bonchev–Trinajstić information content (AvgIpc) is 2.69. The van der Waals surface area contributed by atoms with Crippen LogP contribution in [0.5, 0.6) is 0 Å². The van der Waals surface area contributed by atoms with Gasteiger partial charge in [-0.1, -0.05) is 0 Å². The standard InChI is InChI=1S/C8H5FN4O/c9-6-1-5(2-10-3-6)8(14)7-4-11-13-12-7/h1-4H,(H,11,12,13). The van der Waals surface area contributed by atoms with Gasteiger partial charge in [0.25, 0.3) is 0 Å². The van der Waals surface area contributed by atoms with Gasteiger partial charge in [0.05, 0.1) is 12.4 Å². The quantitative estimate of drug-likeness (QED) is 0.706. The zero-order valence-corrected chi connectivity index (χ0v) is 6.94. The van der Waals surface area contributed by atoms with E-state index in [4.69, 9.17) is 0 Å². The molecule has 5 nitrogen and oxygen atoms in total. The van der Waals surface area contributed by atoms with Crippen molar-refractivity contribution in [2.24, 2.45) is 0 Å². The van der Waals surface area contributed by atoms with Gasteiger partial charge in [-0.3, -0.25) is 9.78 Å². The highest BCUT2D eigenvalue weighted by Gasteiger charge is 2.12. The summed E-state index contributed by atoms with van der Waals surface area (Å²) in [6.07, 6.45) is 3.58. The lowest BCUT2D eigenvalue weighted by Gasteiger charge is -1.95. The number of hydrogen-bond acceptors (Lipinski definition) is 4. The van der Waals surface area contributed by atoms with E-state index in [0.717, 1.165) is 12.3 Å². The molecule has 0 bridgehead atoms. The first kappa shape index (κ1) is 8.49. The number of aromatic amines is 1. The van der Waals surface area contributed by atoms with Crippen LogP contribution in [-0.4, -0.2) is 26.2 Å². The smallest absolute Gasteiger partial charge is 0.216 e. The van der Waals surface area contributed by atoms with E-state index in [0.29, 0.717) is 0 Å². The van der Waals surface area contributed by atoms with Crippen molar-refractivity contribution in [3.8, 4) is 0 Å². The highest BCUT2D eigenvalue weighted by molar-refractivity contribution is 6.07. The number of pyridine rings is 1. The number of carbonyl (C=O) groups is 1. The number of carbonyl (C=O) groups excluding carboxylic acids is 1. The zero-order valence-electron chi connectivity index (χ0n) is 6.94. The van der Waals surface area contributed by atoms with Crippen LogP contribution in [0.1, 0.15) is 16.1 Å². The molecule has 14 heavy (non-hydrogen) atoms. The van der Waals surface area contributed by atoms with Crippen LogP contribution in [0.4, 0.5) is 4.39 Å². The Morgan fingerprint density at radius 2 is 2.21 bits per heavy atom. The summed E-state index contributed by atoms with van der Waals surface area (Å²) >= 11 is 0. The lowest BCUT2D eigenvalue weighted by atomic mass is 10.1. The van der Waals surface area contributed by atoms with E-state index in [-0.39, 0.29) is 11.3 Å². The molecule has 6 heteroatoms. The van der Waals surface area contributed by atoms with Gasteiger partial charge in [-0.05, 0) is 6.07 Å². The number of aromatic nitrogens is 4. The summed E-state index contributed by atoms with van der Waals surface area (Å²) in [6, 6.07) is 1.10. The van der Waals surface area contributed by atoms with Crippen molar-refractivity contribution in [2.45, 2.75) is 0 Å². The van der Waals surface area contributed by atoms with E-state index >= 15 is 0 Å². The first-order valence-corrected chi connectivity index (χ1v) is 3.78. The lowest BCUT2D eigenvalue weighted by molar-refractivity contribution is 0.103. The number of halogens is 1. The van der Waals surface area contributed by atoms with E-state index in [1.54, 1.807) is 0 Å². The molecule has 2 aromatic rings. The third-order valence-electron chi connectivity index (χ3n) is 1.61. The number of ketones is 1. The SMILES string of the molecule is O=C(c1cncc(F)c1)c1cn[nH]n1. The Morgan fingerprint density at radius 3 is 2.86 bits per heavy atom. The fourth-order valence-electron chi connectivity index (χ4n) is 0.995. The third-order valence-corrected chi connectivity index (χ3v) is 1.61. The van der Waals surface area contributed by atoms with E-state index in [1.807, 2.05) is 0 Å². The Balaban J connectivity index is 2.37. The van der Waals surface area contributed by atoms with Gasteiger partial charge in [0.2, 0.25) is 5.78 Å². The van der Waals surface area contributed by atoms with Crippen molar-refractivity contribution in [3.63, 3.8) is 0 Å². The molecule has 2 rings (SSSR count). The number of nitrogens with zero attached hydrogens (tertiary/aromatic N) is 3. The number of rotatable bonds is 2. The van der Waals surface area contributed by atoms with Gasteiger partial charge < -0.3 is 0 Å². The van der Waals surface area contributed by atoms with Gasteiger partial charge in [-0.15, -0.1) is 0 Å². The third kappa shape index (κ3) is 1.49. The largest absolute Gasteiger partial charge is 0.287 e. The minimum Gasteiger partial charge on any atom is -0.287 e. The topological polar surface area (TPSA) is 71.5 Å². The van der Waals surface area contributed by atoms with E-state index < -0.39 is 11.6 Å². The minimum atomic E-state index is -0.556. The van der Waals surface area contributed by atoms with Crippen molar-refractivity contribution in [1.82, 2.24) is 20.4 Å². The molecule has 1 N–H and O–H groups in total. The molecule has 0 saturated heterocycles. The molecule has 70 valence electrons. The molecule has 0 atom stereocenters. The molecule has 0 spiro atoms. The monoisotopic (exact) mass is 192 g/mol. The molecule has 0 aliphatic heterocycles. The average molecular weight is 192 g/mol. The van der Waals surface area contributed by atoms with Crippen LogP contribution >= 0.6 is 0 Å². The van der Waals surface area contributed by atoms with Crippen molar-refractivity contribution in [1.29, 1.82) is 0 Å². The Hall–Kier alpha value is -2.11. The molecule has 0 aliphatic rings. The Bertz CT molecular complexity index is 454. The molecule has 0 unspecified atom stereocenters. The fourth-order valence-corrected chi connectivity index (χ4v) is 0.995. The van der Waals surface area contributed by atoms with E-state index in [2.05, 4.69) is 20.4 Å². The Morgan fingerprint density at radius 1 is 1.36 bits per heavy atom. The summed E-state index contributed by atoms with van der Waals surface area (Å²) in [5, 5.41) is 9.37. The number of nitrogens with one attached hydrogen (secondary N) is 1. The molecule has 0 saturated carbocycles. The maximum Gasteiger partial charge on any atom is 0.216 e. The van der Waals surface area contributed by atoms with E-state index in [9.17, 15) is 9.18 Å². The predicted octanol–water partition coefficient (Wildman–Crippen LogP) is 0.570. The maximum absolute atomic E-state index is 12.7. The van der Waals surface area contributed by atoms with Crippen LogP contribution in [0.2, 0.25) is 0 Å². The summed E-state index contributed by atoms with van der Waals surface area (Å²) in [5.74, 6) is -0.968. The van der Waals surface area contributed by atoms with Gasteiger partial charge in [-0.25, -0.2) is 4.39 Å². The van der Waals surface area contributed by atoms with Gasteiger partial charge >= 0.3 is 0 Å². The molecule has 2 aromatic heterocycles. The fraction of sp³-hybridized carbons (Fsp3) is 0. The van der Waals surface area contributed by atoms with Crippen molar-refractivity contribution in [3.05, 3.63) is 41.7 Å². The Kier molecular flexibility index (Phi) is 2.02. The highest BCUT2D eigenvalue weighted by atomic mass is 19.1. The molecular weight excluding hydrogens is 187 g/mol. The van der Waals surface area contributed by atoms with Gasteiger partial charge in [0.1, 0.15) is 5.82 Å². The molecule has 0 amide bonds. The second-order valence-corrected chi connectivity index (χ2v) is 2.58. The lowest BCUT2D eigenvalue weighted by Crippen LogP contribution is -2.02. The van der Waals surface area contributed by atoms with Crippen molar-refractivity contribution >= 4 is 5.78 Å². The summed E-state index contributed by atoms with van der Waals surface area (Å²) in [4.78, 5) is 15.1. The molecular formula is C8H5FN4O. The van der Waals surface area contributed by atoms with Crippen LogP contribution in [0.3, 0.4) is 0 Å². The normalized spacial score (nSPS) is 10.1. The van der Waals surface area contributed by atoms with Crippen molar-refractivity contribution in [2.75, 3.05) is 0 Å². The molecule has 0 aromatic carbocycles. The minimum absolute atomic E-state index is 0.136. The molecule has 2 heterocycles. The second-order valence-electron chi connectivity index (χ2n) is 2.58. The Labute approximate surface area is 78.0 Å². The summed E-state index contributed by atoms with van der Waals surface area (Å²) in [7, 11) is 0. The molecule has 0 radical (unpaired) electrons. The molecule has 0 aliphatic carbocycles. The van der Waals surface area contributed by atoms with Gasteiger partial charge in [0.15, 0.2) is 5.69 Å². The van der Waals surface area contributed by atoms with Crippen LogP contribution in [0.25, 0.3) is 0 Å². The second kappa shape index (κ2) is 3.33. The number of H-pyrrole nitrogens is 1.